The van der Waals surface area contributed by atoms with Crippen LogP contribution in [-0.2, 0) is 4.79 Å². The Morgan fingerprint density at radius 2 is 1.77 bits per heavy atom. The van der Waals surface area contributed by atoms with Crippen LogP contribution < -0.4 is 5.32 Å². The lowest BCUT2D eigenvalue weighted by molar-refractivity contribution is -0.128. The molecule has 4 nitrogen and oxygen atoms in total. The highest BCUT2D eigenvalue weighted by Crippen LogP contribution is 2.28. The van der Waals surface area contributed by atoms with Crippen molar-refractivity contribution >= 4 is 5.91 Å². The molecule has 1 fully saturated rings. The molecule has 0 spiro atoms. The minimum Gasteiger partial charge on any atom is -0.392 e. The third-order valence-electron chi connectivity index (χ3n) is 4.28. The van der Waals surface area contributed by atoms with E-state index in [0.29, 0.717) is 6.42 Å². The summed E-state index contributed by atoms with van der Waals surface area (Å²) in [6, 6.07) is 13.5. The Hall–Kier alpha value is -2.20. The molecule has 3 atom stereocenters. The summed E-state index contributed by atoms with van der Waals surface area (Å²) in [5.74, 6) is -0.372. The first kappa shape index (κ1) is 14.7. The Morgan fingerprint density at radius 1 is 1.09 bits per heavy atom. The van der Waals surface area contributed by atoms with Gasteiger partial charge in [-0.3, -0.25) is 9.78 Å². The molecule has 3 rings (SSSR count). The number of nitrogens with one attached hydrogen (secondary N) is 1. The molecule has 114 valence electrons. The van der Waals surface area contributed by atoms with Crippen LogP contribution in [0, 0.1) is 5.92 Å². The van der Waals surface area contributed by atoms with Gasteiger partial charge in [-0.1, -0.05) is 30.3 Å². The largest absolute Gasteiger partial charge is 0.392 e. The van der Waals surface area contributed by atoms with Gasteiger partial charge in [-0.15, -0.1) is 0 Å². The molecule has 2 N–H and O–H groups in total. The van der Waals surface area contributed by atoms with Crippen LogP contribution in [0.2, 0.25) is 0 Å². The molecule has 4 heteroatoms. The number of hydrogen-bond acceptors (Lipinski definition) is 3. The number of benzene rings is 1. The van der Waals surface area contributed by atoms with Crippen LogP contribution in [0.5, 0.6) is 0 Å². The molecule has 22 heavy (non-hydrogen) atoms. The first-order chi connectivity index (χ1) is 10.8. The lowest BCUT2D eigenvalue weighted by Gasteiger charge is -2.23. The zero-order valence-electron chi connectivity index (χ0n) is 12.4. The lowest BCUT2D eigenvalue weighted by atomic mass is 9.97. The molecule has 1 saturated carbocycles. The minimum absolute atomic E-state index is 0.0735. The number of carbonyl (C=O) groups excluding carboxylic acids is 1. The maximum Gasteiger partial charge on any atom is 0.226 e. The number of rotatable bonds is 4. The fourth-order valence-electron chi connectivity index (χ4n) is 3.06. The second-order valence-corrected chi connectivity index (χ2v) is 5.74. The van der Waals surface area contributed by atoms with E-state index in [0.717, 1.165) is 24.0 Å². The highest BCUT2D eigenvalue weighted by atomic mass is 16.3. The number of pyridine rings is 1. The van der Waals surface area contributed by atoms with Crippen LogP contribution in [-0.4, -0.2) is 22.1 Å². The minimum atomic E-state index is -0.520. The molecule has 1 aromatic carbocycles. The summed E-state index contributed by atoms with van der Waals surface area (Å²) in [7, 11) is 0. The van der Waals surface area contributed by atoms with Crippen molar-refractivity contribution < 1.29 is 9.90 Å². The van der Waals surface area contributed by atoms with Crippen LogP contribution in [0.1, 0.15) is 36.4 Å². The smallest absolute Gasteiger partial charge is 0.226 e. The van der Waals surface area contributed by atoms with Crippen molar-refractivity contribution in [3.63, 3.8) is 0 Å². The Balaban J connectivity index is 1.85. The first-order valence-corrected chi connectivity index (χ1v) is 7.69. The van der Waals surface area contributed by atoms with E-state index >= 15 is 0 Å². The molecular formula is C18H20N2O2. The van der Waals surface area contributed by atoms with E-state index in [9.17, 15) is 9.90 Å². The fraction of sp³-hybridized carbons (Fsp3) is 0.333. The lowest BCUT2D eigenvalue weighted by Crippen LogP contribution is -2.37. The molecule has 1 aromatic heterocycles. The van der Waals surface area contributed by atoms with Crippen molar-refractivity contribution in [2.24, 2.45) is 5.92 Å². The molecular weight excluding hydrogens is 276 g/mol. The van der Waals surface area contributed by atoms with E-state index in [4.69, 9.17) is 0 Å². The van der Waals surface area contributed by atoms with E-state index in [1.54, 1.807) is 12.4 Å². The molecule has 1 amide bonds. The number of nitrogens with zero attached hydrogens (tertiary/aromatic N) is 1. The van der Waals surface area contributed by atoms with Gasteiger partial charge in [0, 0.05) is 12.4 Å². The Labute approximate surface area is 130 Å². The summed E-state index contributed by atoms with van der Waals surface area (Å²) in [4.78, 5) is 16.6. The highest BCUT2D eigenvalue weighted by molar-refractivity contribution is 5.80. The van der Waals surface area contributed by atoms with Gasteiger partial charge in [-0.2, -0.15) is 0 Å². The van der Waals surface area contributed by atoms with Gasteiger partial charge in [0.2, 0.25) is 5.91 Å². The number of aliphatic hydroxyl groups excluding tert-OH is 1. The van der Waals surface area contributed by atoms with Crippen LogP contribution in [0.25, 0.3) is 0 Å². The zero-order valence-corrected chi connectivity index (χ0v) is 12.4. The normalized spacial score (nSPS) is 22.2. The van der Waals surface area contributed by atoms with Gasteiger partial charge in [0.1, 0.15) is 0 Å². The molecule has 0 radical (unpaired) electrons. The third kappa shape index (κ3) is 3.17. The quantitative estimate of drug-likeness (QED) is 0.911. The van der Waals surface area contributed by atoms with Crippen LogP contribution in [0.3, 0.4) is 0 Å². The zero-order chi connectivity index (χ0) is 15.4. The maximum atomic E-state index is 12.5. The third-order valence-corrected chi connectivity index (χ3v) is 4.28. The SMILES string of the molecule is O=C(NC(c1ccccc1)c1ccncc1)C1CCCC1O. The predicted molar refractivity (Wildman–Crippen MR) is 84.0 cm³/mol. The number of hydrogen-bond donors (Lipinski definition) is 2. The predicted octanol–water partition coefficient (Wildman–Crippen LogP) is 2.45. The van der Waals surface area contributed by atoms with Gasteiger partial charge in [-0.25, -0.2) is 0 Å². The average molecular weight is 296 g/mol. The Bertz CT molecular complexity index is 576. The van der Waals surface area contributed by atoms with Crippen LogP contribution >= 0.6 is 0 Å². The van der Waals surface area contributed by atoms with Crippen molar-refractivity contribution in [3.05, 3.63) is 66.0 Å². The number of aromatic nitrogens is 1. The second-order valence-electron chi connectivity index (χ2n) is 5.74. The standard InChI is InChI=1S/C18H20N2O2/c21-16-8-4-7-15(16)18(22)20-17(13-5-2-1-3-6-13)14-9-11-19-12-10-14/h1-3,5-6,9-12,15-17,21H,4,7-8H2,(H,20,22). The van der Waals surface area contributed by atoms with Gasteiger partial charge >= 0.3 is 0 Å². The monoisotopic (exact) mass is 296 g/mol. The van der Waals surface area contributed by atoms with Gasteiger partial charge in [-0.05, 0) is 42.5 Å². The number of amides is 1. The first-order valence-electron chi connectivity index (χ1n) is 7.69. The van der Waals surface area contributed by atoms with Crippen molar-refractivity contribution in [3.8, 4) is 0 Å². The van der Waals surface area contributed by atoms with Crippen molar-refractivity contribution in [1.82, 2.24) is 10.3 Å². The van der Waals surface area contributed by atoms with E-state index in [1.165, 1.54) is 0 Å². The van der Waals surface area contributed by atoms with E-state index < -0.39 is 6.10 Å². The van der Waals surface area contributed by atoms with E-state index in [1.807, 2.05) is 42.5 Å². The summed E-state index contributed by atoms with van der Waals surface area (Å²) >= 11 is 0. The van der Waals surface area contributed by atoms with Crippen LogP contribution in [0.4, 0.5) is 0 Å². The van der Waals surface area contributed by atoms with Gasteiger partial charge in [0.15, 0.2) is 0 Å². The Morgan fingerprint density at radius 3 is 2.41 bits per heavy atom. The Kier molecular flexibility index (Phi) is 4.49. The van der Waals surface area contributed by atoms with Crippen molar-refractivity contribution in [1.29, 1.82) is 0 Å². The van der Waals surface area contributed by atoms with Gasteiger partial charge < -0.3 is 10.4 Å². The molecule has 0 saturated heterocycles. The average Bonchev–Trinajstić information content (AvgIpc) is 3.00. The molecule has 0 aliphatic heterocycles. The molecule has 1 heterocycles. The van der Waals surface area contributed by atoms with Crippen molar-refractivity contribution in [2.75, 3.05) is 0 Å². The summed E-state index contributed by atoms with van der Waals surface area (Å²) in [5.41, 5.74) is 2.01. The van der Waals surface area contributed by atoms with Gasteiger partial charge in [0.05, 0.1) is 18.1 Å². The highest BCUT2D eigenvalue weighted by Gasteiger charge is 2.32. The van der Waals surface area contributed by atoms with Gasteiger partial charge in [0.25, 0.3) is 0 Å². The summed E-state index contributed by atoms with van der Waals surface area (Å²) in [5, 5.41) is 13.0. The van der Waals surface area contributed by atoms with Crippen LogP contribution in [0.15, 0.2) is 54.9 Å². The number of carbonyl (C=O) groups is 1. The summed E-state index contributed by atoms with van der Waals surface area (Å²) in [6.45, 7) is 0. The molecule has 3 unspecified atom stereocenters. The summed E-state index contributed by atoms with van der Waals surface area (Å²) < 4.78 is 0. The number of aliphatic hydroxyl groups is 1. The molecule has 1 aliphatic rings. The van der Waals surface area contributed by atoms with Crippen molar-refractivity contribution in [2.45, 2.75) is 31.4 Å². The topological polar surface area (TPSA) is 62.2 Å². The van der Waals surface area contributed by atoms with E-state index in [-0.39, 0.29) is 17.9 Å². The molecule has 1 aliphatic carbocycles. The maximum absolute atomic E-state index is 12.5. The molecule has 2 aromatic rings. The summed E-state index contributed by atoms with van der Waals surface area (Å²) in [6.07, 6.45) is 5.30. The fourth-order valence-corrected chi connectivity index (χ4v) is 3.06. The second kappa shape index (κ2) is 6.71. The molecule has 0 bridgehead atoms. The van der Waals surface area contributed by atoms with E-state index in [2.05, 4.69) is 10.3 Å².